The Balaban J connectivity index is 2.02. The van der Waals surface area contributed by atoms with Gasteiger partial charge in [-0.2, -0.15) is 5.26 Å². The van der Waals surface area contributed by atoms with E-state index in [-0.39, 0.29) is 5.56 Å². The van der Waals surface area contributed by atoms with Crippen molar-refractivity contribution in [2.24, 2.45) is 0 Å². The zero-order valence-corrected chi connectivity index (χ0v) is 15.4. The normalized spacial score (nSPS) is 10.7. The minimum Gasteiger partial charge on any atom is -0.287 e. The van der Waals surface area contributed by atoms with Crippen molar-refractivity contribution in [3.05, 3.63) is 68.4 Å². The molecule has 4 nitrogen and oxygen atoms in total. The van der Waals surface area contributed by atoms with Gasteiger partial charge in [-0.15, -0.1) is 0 Å². The number of hydrogen-bond acceptors (Lipinski definition) is 4. The van der Waals surface area contributed by atoms with E-state index in [4.69, 9.17) is 0 Å². The fourth-order valence-electron chi connectivity index (χ4n) is 2.46. The predicted molar refractivity (Wildman–Crippen MR) is 100 cm³/mol. The first kappa shape index (κ1) is 16.7. The summed E-state index contributed by atoms with van der Waals surface area (Å²) in [6.45, 7) is 2.48. The highest BCUT2D eigenvalue weighted by molar-refractivity contribution is 9.10. The van der Waals surface area contributed by atoms with Crippen molar-refractivity contribution in [2.75, 3.05) is 0 Å². The van der Waals surface area contributed by atoms with Crippen LogP contribution >= 0.6 is 27.7 Å². The maximum absolute atomic E-state index is 12.7. The molecule has 24 heavy (non-hydrogen) atoms. The van der Waals surface area contributed by atoms with Crippen LogP contribution in [0.3, 0.4) is 0 Å². The zero-order chi connectivity index (χ0) is 17.1. The first-order chi connectivity index (χ1) is 11.6. The monoisotopic (exact) mass is 399 g/mol. The molecule has 0 saturated heterocycles. The Kier molecular flexibility index (Phi) is 5.03. The smallest absolute Gasteiger partial charge is 0.262 e. The van der Waals surface area contributed by atoms with Gasteiger partial charge in [0.15, 0.2) is 5.16 Å². The molecule has 0 saturated carbocycles. The molecule has 1 aromatic heterocycles. The van der Waals surface area contributed by atoms with Crippen LogP contribution in [0.25, 0.3) is 10.9 Å². The lowest BCUT2D eigenvalue weighted by molar-refractivity contribution is 0.634. The fraction of sp³-hybridized carbons (Fsp3) is 0.167. The lowest BCUT2D eigenvalue weighted by Gasteiger charge is -2.11. The molecule has 0 bridgehead atoms. The van der Waals surface area contributed by atoms with Crippen LogP contribution in [-0.4, -0.2) is 9.55 Å². The van der Waals surface area contributed by atoms with E-state index < -0.39 is 0 Å². The van der Waals surface area contributed by atoms with Gasteiger partial charge in [0.1, 0.15) is 0 Å². The standard InChI is InChI=1S/C18H14BrN3OS/c1-2-22-17(23)15-9-14(19)7-8-16(15)21-18(22)24-11-13-6-4-3-5-12(13)10-20/h3-9H,2,11H2,1H3. The third kappa shape index (κ3) is 3.23. The number of thioether (sulfide) groups is 1. The van der Waals surface area contributed by atoms with Crippen LogP contribution < -0.4 is 5.56 Å². The topological polar surface area (TPSA) is 58.7 Å². The second-order valence-corrected chi connectivity index (χ2v) is 7.02. The summed E-state index contributed by atoms with van der Waals surface area (Å²) in [5.74, 6) is 0.595. The third-order valence-corrected chi connectivity index (χ3v) is 5.21. The van der Waals surface area contributed by atoms with E-state index in [2.05, 4.69) is 27.0 Å². The molecule has 120 valence electrons. The zero-order valence-electron chi connectivity index (χ0n) is 13.0. The molecular formula is C18H14BrN3OS. The number of rotatable bonds is 4. The van der Waals surface area contributed by atoms with Crippen molar-refractivity contribution in [2.45, 2.75) is 24.4 Å². The number of halogens is 1. The summed E-state index contributed by atoms with van der Waals surface area (Å²) in [6, 6.07) is 15.2. The van der Waals surface area contributed by atoms with Gasteiger partial charge < -0.3 is 0 Å². The van der Waals surface area contributed by atoms with Gasteiger partial charge >= 0.3 is 0 Å². The van der Waals surface area contributed by atoms with Crippen LogP contribution in [0.4, 0.5) is 0 Å². The van der Waals surface area contributed by atoms with Crippen molar-refractivity contribution in [1.29, 1.82) is 5.26 Å². The number of benzene rings is 2. The van der Waals surface area contributed by atoms with Gasteiger partial charge in [0.05, 0.1) is 22.5 Å². The van der Waals surface area contributed by atoms with Gasteiger partial charge in [-0.05, 0) is 36.8 Å². The minimum absolute atomic E-state index is 0.0418. The molecule has 0 atom stereocenters. The highest BCUT2D eigenvalue weighted by Crippen LogP contribution is 2.24. The van der Waals surface area contributed by atoms with Crippen LogP contribution in [0.15, 0.2) is 56.9 Å². The van der Waals surface area contributed by atoms with Gasteiger partial charge in [0.25, 0.3) is 5.56 Å². The van der Waals surface area contributed by atoms with E-state index in [1.54, 1.807) is 16.7 Å². The summed E-state index contributed by atoms with van der Waals surface area (Å²) in [7, 11) is 0. The SMILES string of the molecule is CCn1c(SCc2ccccc2C#N)nc2ccc(Br)cc2c1=O. The van der Waals surface area contributed by atoms with Crippen LogP contribution in [0.2, 0.25) is 0 Å². The number of fused-ring (bicyclic) bond motifs is 1. The Morgan fingerprint density at radius 2 is 2.08 bits per heavy atom. The average Bonchev–Trinajstić information content (AvgIpc) is 2.61. The largest absolute Gasteiger partial charge is 0.287 e. The summed E-state index contributed by atoms with van der Waals surface area (Å²) >= 11 is 4.87. The van der Waals surface area contributed by atoms with Crippen molar-refractivity contribution in [1.82, 2.24) is 9.55 Å². The molecule has 0 fully saturated rings. The summed E-state index contributed by atoms with van der Waals surface area (Å²) in [5, 5.41) is 10.5. The molecule has 0 spiro atoms. The van der Waals surface area contributed by atoms with Crippen LogP contribution in [0.5, 0.6) is 0 Å². The predicted octanol–water partition coefficient (Wildman–Crippen LogP) is 4.34. The molecule has 0 radical (unpaired) electrons. The molecule has 2 aromatic carbocycles. The molecule has 6 heteroatoms. The van der Waals surface area contributed by atoms with E-state index >= 15 is 0 Å². The first-order valence-corrected chi connectivity index (χ1v) is 9.22. The van der Waals surface area contributed by atoms with Gasteiger partial charge in [0, 0.05) is 16.8 Å². The molecule has 0 unspecified atom stereocenters. The fourth-order valence-corrected chi connectivity index (χ4v) is 3.89. The van der Waals surface area contributed by atoms with Crippen LogP contribution in [0, 0.1) is 11.3 Å². The van der Waals surface area contributed by atoms with Crippen molar-refractivity contribution < 1.29 is 0 Å². The molecule has 0 amide bonds. The van der Waals surface area contributed by atoms with E-state index in [0.717, 1.165) is 10.0 Å². The molecule has 3 rings (SSSR count). The van der Waals surface area contributed by atoms with Crippen LogP contribution in [0.1, 0.15) is 18.1 Å². The van der Waals surface area contributed by atoms with Crippen molar-refractivity contribution in [3.8, 4) is 6.07 Å². The lowest BCUT2D eigenvalue weighted by atomic mass is 10.1. The van der Waals surface area contributed by atoms with Gasteiger partial charge in [0.2, 0.25) is 0 Å². The number of nitrogens with zero attached hydrogens (tertiary/aromatic N) is 3. The summed E-state index contributed by atoms with van der Waals surface area (Å²) < 4.78 is 2.54. The second kappa shape index (κ2) is 7.20. The maximum atomic E-state index is 12.7. The van der Waals surface area contributed by atoms with E-state index in [0.29, 0.717) is 33.9 Å². The van der Waals surface area contributed by atoms with E-state index in [9.17, 15) is 10.1 Å². The molecular weight excluding hydrogens is 386 g/mol. The van der Waals surface area contributed by atoms with Gasteiger partial charge in [-0.1, -0.05) is 45.9 Å². The molecule has 0 aliphatic rings. The van der Waals surface area contributed by atoms with Crippen LogP contribution in [-0.2, 0) is 12.3 Å². The summed E-state index contributed by atoms with van der Waals surface area (Å²) in [5.41, 5.74) is 2.24. The highest BCUT2D eigenvalue weighted by atomic mass is 79.9. The number of hydrogen-bond donors (Lipinski definition) is 0. The first-order valence-electron chi connectivity index (χ1n) is 7.45. The van der Waals surface area contributed by atoms with Crippen molar-refractivity contribution in [3.63, 3.8) is 0 Å². The Morgan fingerprint density at radius 1 is 1.29 bits per heavy atom. The summed E-state index contributed by atoms with van der Waals surface area (Å²) in [4.78, 5) is 17.3. The highest BCUT2D eigenvalue weighted by Gasteiger charge is 2.12. The Morgan fingerprint density at radius 3 is 2.83 bits per heavy atom. The molecule has 0 N–H and O–H groups in total. The Labute approximate surface area is 152 Å². The van der Waals surface area contributed by atoms with Gasteiger partial charge in [-0.25, -0.2) is 4.98 Å². The maximum Gasteiger partial charge on any atom is 0.262 e. The number of nitriles is 1. The van der Waals surface area contributed by atoms with E-state index in [1.807, 2.05) is 37.3 Å². The molecule has 0 aliphatic heterocycles. The van der Waals surface area contributed by atoms with Gasteiger partial charge in [-0.3, -0.25) is 9.36 Å². The Bertz CT molecular complexity index is 1010. The Hall–Kier alpha value is -2.10. The summed E-state index contributed by atoms with van der Waals surface area (Å²) in [6.07, 6.45) is 0. The lowest BCUT2D eigenvalue weighted by Crippen LogP contribution is -2.22. The average molecular weight is 400 g/mol. The molecule has 3 aromatic rings. The third-order valence-electron chi connectivity index (χ3n) is 3.69. The minimum atomic E-state index is -0.0418. The second-order valence-electron chi connectivity index (χ2n) is 5.16. The molecule has 0 aliphatic carbocycles. The number of aromatic nitrogens is 2. The quantitative estimate of drug-likeness (QED) is 0.483. The molecule has 1 heterocycles. The van der Waals surface area contributed by atoms with Crippen molar-refractivity contribution >= 4 is 38.6 Å². The van der Waals surface area contributed by atoms with E-state index in [1.165, 1.54) is 11.8 Å².